The van der Waals surface area contributed by atoms with Crippen LogP contribution < -0.4 is 18.9 Å². The number of nitriles is 1. The SMILES string of the molecule is COc1ccc(-c2oc(N=Cc3ccc(OCc4cccc5ccccc45)c(OC)c3)c(C#N)c2-c2ccc(OC)cc2)cc1. The van der Waals surface area contributed by atoms with E-state index in [1.54, 1.807) is 27.5 Å². The Morgan fingerprint density at radius 1 is 0.733 bits per heavy atom. The lowest BCUT2D eigenvalue weighted by Crippen LogP contribution is -1.99. The zero-order valence-electron chi connectivity index (χ0n) is 25.1. The molecular weight excluding hydrogens is 564 g/mol. The monoisotopic (exact) mass is 594 g/mol. The van der Waals surface area contributed by atoms with Crippen molar-refractivity contribution >= 4 is 22.9 Å². The summed E-state index contributed by atoms with van der Waals surface area (Å²) in [5.41, 5.74) is 4.40. The van der Waals surface area contributed by atoms with Crippen molar-refractivity contribution in [2.75, 3.05) is 21.3 Å². The second-order valence-electron chi connectivity index (χ2n) is 10.2. The van der Waals surface area contributed by atoms with Crippen LogP contribution in [0, 0.1) is 11.3 Å². The number of hydrogen-bond acceptors (Lipinski definition) is 7. The van der Waals surface area contributed by atoms with Crippen molar-refractivity contribution < 1.29 is 23.4 Å². The number of aliphatic imine (C=N–C) groups is 1. The van der Waals surface area contributed by atoms with E-state index in [9.17, 15) is 5.26 Å². The molecule has 5 aromatic carbocycles. The first-order chi connectivity index (χ1) is 22.1. The van der Waals surface area contributed by atoms with Crippen LogP contribution in [-0.2, 0) is 6.61 Å². The summed E-state index contributed by atoms with van der Waals surface area (Å²) in [5, 5.41) is 12.6. The summed E-state index contributed by atoms with van der Waals surface area (Å²) < 4.78 is 28.8. The molecule has 0 aliphatic carbocycles. The Kier molecular flexibility index (Phi) is 8.47. The highest BCUT2D eigenvalue weighted by Gasteiger charge is 2.23. The van der Waals surface area contributed by atoms with Gasteiger partial charge in [0.15, 0.2) is 11.5 Å². The van der Waals surface area contributed by atoms with E-state index in [2.05, 4.69) is 35.3 Å². The van der Waals surface area contributed by atoms with Crippen molar-refractivity contribution in [2.45, 2.75) is 6.61 Å². The predicted molar refractivity (Wildman–Crippen MR) is 176 cm³/mol. The van der Waals surface area contributed by atoms with E-state index >= 15 is 0 Å². The number of fused-ring (bicyclic) bond motifs is 1. The zero-order chi connectivity index (χ0) is 31.2. The van der Waals surface area contributed by atoms with Crippen molar-refractivity contribution in [1.29, 1.82) is 5.26 Å². The van der Waals surface area contributed by atoms with Crippen LogP contribution in [0.1, 0.15) is 16.7 Å². The third kappa shape index (κ3) is 6.08. The average Bonchev–Trinajstić information content (AvgIpc) is 3.48. The number of methoxy groups -OCH3 is 3. The lowest BCUT2D eigenvalue weighted by Gasteiger charge is -2.12. The van der Waals surface area contributed by atoms with Gasteiger partial charge in [0.25, 0.3) is 0 Å². The summed E-state index contributed by atoms with van der Waals surface area (Å²) in [7, 11) is 4.83. The molecule has 7 heteroatoms. The summed E-state index contributed by atoms with van der Waals surface area (Å²) in [6, 6.07) is 37.3. The first-order valence-electron chi connectivity index (χ1n) is 14.3. The van der Waals surface area contributed by atoms with Gasteiger partial charge >= 0.3 is 0 Å². The van der Waals surface area contributed by atoms with Gasteiger partial charge in [0.05, 0.1) is 21.3 Å². The molecule has 0 amide bonds. The maximum Gasteiger partial charge on any atom is 0.238 e. The molecule has 0 aliphatic heterocycles. The highest BCUT2D eigenvalue weighted by molar-refractivity contribution is 5.90. The lowest BCUT2D eigenvalue weighted by molar-refractivity contribution is 0.285. The fourth-order valence-electron chi connectivity index (χ4n) is 5.18. The van der Waals surface area contributed by atoms with E-state index in [1.165, 1.54) is 0 Å². The first-order valence-corrected chi connectivity index (χ1v) is 14.3. The fraction of sp³-hybridized carbons (Fsp3) is 0.105. The van der Waals surface area contributed by atoms with Crippen LogP contribution in [0.3, 0.4) is 0 Å². The Morgan fingerprint density at radius 3 is 2.11 bits per heavy atom. The van der Waals surface area contributed by atoms with Gasteiger partial charge in [-0.2, -0.15) is 5.26 Å². The summed E-state index contributed by atoms with van der Waals surface area (Å²) >= 11 is 0. The number of benzene rings is 5. The molecule has 1 heterocycles. The second kappa shape index (κ2) is 13.1. The lowest BCUT2D eigenvalue weighted by atomic mass is 9.98. The molecule has 0 unspecified atom stereocenters. The van der Waals surface area contributed by atoms with Crippen LogP contribution in [0.2, 0.25) is 0 Å². The highest BCUT2D eigenvalue weighted by atomic mass is 16.5. The minimum absolute atomic E-state index is 0.199. The molecule has 0 aliphatic rings. The molecule has 0 fully saturated rings. The molecule has 0 bridgehead atoms. The number of ether oxygens (including phenoxy) is 4. The molecule has 6 rings (SSSR count). The Balaban J connectivity index is 1.32. The molecule has 1 aromatic heterocycles. The molecule has 0 saturated heterocycles. The van der Waals surface area contributed by atoms with Gasteiger partial charge in [-0.1, -0.05) is 54.6 Å². The van der Waals surface area contributed by atoms with Crippen LogP contribution in [0.5, 0.6) is 23.0 Å². The van der Waals surface area contributed by atoms with Crippen LogP contribution in [0.4, 0.5) is 5.88 Å². The number of nitrogens with zero attached hydrogens (tertiary/aromatic N) is 2. The average molecular weight is 595 g/mol. The van der Waals surface area contributed by atoms with E-state index in [0.29, 0.717) is 46.5 Å². The standard InChI is InChI=1S/C38H30N2O5/c1-41-30-16-12-27(13-17-30)36-33(22-39)38(45-37(36)28-14-18-31(42-2)19-15-28)40-23-25-11-20-34(35(21-25)43-3)44-24-29-9-6-8-26-7-4-5-10-32(26)29/h4-21,23H,24H2,1-3H3. The minimum Gasteiger partial charge on any atom is -0.497 e. The molecule has 222 valence electrons. The van der Waals surface area contributed by atoms with Gasteiger partial charge in [-0.3, -0.25) is 0 Å². The second-order valence-corrected chi connectivity index (χ2v) is 10.2. The van der Waals surface area contributed by atoms with E-state index in [1.807, 2.05) is 84.9 Å². The topological polar surface area (TPSA) is 86.2 Å². The molecule has 7 nitrogen and oxygen atoms in total. The highest BCUT2D eigenvalue weighted by Crippen LogP contribution is 2.43. The Hall–Kier alpha value is -6.00. The normalized spacial score (nSPS) is 11.0. The van der Waals surface area contributed by atoms with Gasteiger partial charge in [-0.15, -0.1) is 0 Å². The van der Waals surface area contributed by atoms with Crippen molar-refractivity contribution in [1.82, 2.24) is 0 Å². The van der Waals surface area contributed by atoms with Crippen molar-refractivity contribution in [3.63, 3.8) is 0 Å². The van der Waals surface area contributed by atoms with Crippen LogP contribution in [0.25, 0.3) is 33.2 Å². The Bertz CT molecular complexity index is 2010. The van der Waals surface area contributed by atoms with Crippen LogP contribution in [0.15, 0.2) is 119 Å². The molecule has 45 heavy (non-hydrogen) atoms. The summed E-state index contributed by atoms with van der Waals surface area (Å²) in [6.07, 6.45) is 1.65. The smallest absolute Gasteiger partial charge is 0.238 e. The van der Waals surface area contributed by atoms with Gasteiger partial charge in [-0.05, 0) is 82.1 Å². The fourth-order valence-corrected chi connectivity index (χ4v) is 5.18. The largest absolute Gasteiger partial charge is 0.497 e. The van der Waals surface area contributed by atoms with Gasteiger partial charge < -0.3 is 23.4 Å². The number of furan rings is 1. The quantitative estimate of drug-likeness (QED) is 0.147. The molecule has 0 N–H and O–H groups in total. The van der Waals surface area contributed by atoms with Gasteiger partial charge in [0, 0.05) is 17.3 Å². The molecular formula is C38H30N2O5. The molecule has 0 atom stereocenters. The van der Waals surface area contributed by atoms with Crippen LogP contribution >= 0.6 is 0 Å². The van der Waals surface area contributed by atoms with E-state index < -0.39 is 0 Å². The maximum absolute atomic E-state index is 10.3. The third-order valence-electron chi connectivity index (χ3n) is 7.51. The first kappa shape index (κ1) is 29.1. The number of hydrogen-bond donors (Lipinski definition) is 0. The van der Waals surface area contributed by atoms with Gasteiger partial charge in [0.2, 0.25) is 5.88 Å². The summed E-state index contributed by atoms with van der Waals surface area (Å²) in [4.78, 5) is 4.62. The van der Waals surface area contributed by atoms with Gasteiger partial charge in [-0.25, -0.2) is 4.99 Å². The Labute approximate surface area is 261 Å². The zero-order valence-corrected chi connectivity index (χ0v) is 25.1. The molecule has 6 aromatic rings. The van der Waals surface area contributed by atoms with Crippen molar-refractivity contribution in [3.8, 4) is 51.5 Å². The van der Waals surface area contributed by atoms with Crippen molar-refractivity contribution in [2.24, 2.45) is 4.99 Å². The van der Waals surface area contributed by atoms with Crippen molar-refractivity contribution in [3.05, 3.63) is 126 Å². The molecule has 0 saturated carbocycles. The van der Waals surface area contributed by atoms with E-state index in [-0.39, 0.29) is 5.88 Å². The predicted octanol–water partition coefficient (Wildman–Crippen LogP) is 8.99. The van der Waals surface area contributed by atoms with Crippen LogP contribution in [-0.4, -0.2) is 27.5 Å². The summed E-state index contributed by atoms with van der Waals surface area (Å²) in [5.74, 6) is 3.33. The molecule has 0 spiro atoms. The number of rotatable bonds is 10. The maximum atomic E-state index is 10.3. The minimum atomic E-state index is 0.199. The third-order valence-corrected chi connectivity index (χ3v) is 7.51. The van der Waals surface area contributed by atoms with Gasteiger partial charge in [0.1, 0.15) is 35.5 Å². The van der Waals surface area contributed by atoms with E-state index in [4.69, 9.17) is 23.4 Å². The van der Waals surface area contributed by atoms with E-state index in [0.717, 1.165) is 33.0 Å². The molecule has 0 radical (unpaired) electrons. The Morgan fingerprint density at radius 2 is 1.42 bits per heavy atom. The summed E-state index contributed by atoms with van der Waals surface area (Å²) in [6.45, 7) is 0.394.